The lowest BCUT2D eigenvalue weighted by Crippen LogP contribution is -2.14. The van der Waals surface area contributed by atoms with E-state index in [1.807, 2.05) is 0 Å². The highest BCUT2D eigenvalue weighted by Gasteiger charge is 2.11. The molecule has 2 N–H and O–H groups in total. The quantitative estimate of drug-likeness (QED) is 0.477. The van der Waals surface area contributed by atoms with E-state index in [1.54, 1.807) is 0 Å². The number of aliphatic hydroxyl groups excluding tert-OH is 1. The Labute approximate surface area is 122 Å². The summed E-state index contributed by atoms with van der Waals surface area (Å²) in [6.45, 7) is 2.21. The summed E-state index contributed by atoms with van der Waals surface area (Å²) in [7, 11) is 0. The molecule has 20 heavy (non-hydrogen) atoms. The normalized spacial score (nSPS) is 12.3. The minimum atomic E-state index is -0.962. The highest BCUT2D eigenvalue weighted by Crippen LogP contribution is 2.12. The van der Waals surface area contributed by atoms with Crippen LogP contribution in [-0.2, 0) is 9.59 Å². The van der Waals surface area contributed by atoms with Crippen LogP contribution in [0, 0.1) is 0 Å². The van der Waals surface area contributed by atoms with E-state index in [4.69, 9.17) is 5.11 Å². The average Bonchev–Trinajstić information content (AvgIpc) is 2.39. The molecule has 0 rings (SSSR count). The van der Waals surface area contributed by atoms with Gasteiger partial charge in [0.15, 0.2) is 0 Å². The Bertz CT molecular complexity index is 263. The van der Waals surface area contributed by atoms with Crippen LogP contribution in [0.4, 0.5) is 0 Å². The first-order valence-electron chi connectivity index (χ1n) is 7.97. The highest BCUT2D eigenvalue weighted by molar-refractivity contribution is 5.82. The number of carbonyl (C=O) groups is 2. The molecule has 118 valence electrons. The van der Waals surface area contributed by atoms with E-state index in [0.717, 1.165) is 12.8 Å². The van der Waals surface area contributed by atoms with Crippen molar-refractivity contribution in [2.24, 2.45) is 0 Å². The number of carbonyl (C=O) groups excluding carboxylic acids is 1. The summed E-state index contributed by atoms with van der Waals surface area (Å²) in [5, 5.41) is 18.1. The number of aliphatic carboxylic acids is 1. The summed E-state index contributed by atoms with van der Waals surface area (Å²) in [5.74, 6) is -1.12. The minimum Gasteiger partial charge on any atom is -0.481 e. The van der Waals surface area contributed by atoms with Gasteiger partial charge in [-0.25, -0.2) is 0 Å². The maximum absolute atomic E-state index is 11.4. The lowest BCUT2D eigenvalue weighted by molar-refractivity contribution is -0.138. The predicted octanol–water partition coefficient (Wildman–Crippen LogP) is 3.70. The Hall–Kier alpha value is -0.900. The van der Waals surface area contributed by atoms with Gasteiger partial charge >= 0.3 is 5.97 Å². The van der Waals surface area contributed by atoms with Crippen LogP contribution in [0.25, 0.3) is 0 Å². The molecule has 0 aromatic rings. The van der Waals surface area contributed by atoms with Crippen molar-refractivity contribution in [3.05, 3.63) is 0 Å². The maximum Gasteiger partial charge on any atom is 0.303 e. The first kappa shape index (κ1) is 19.1. The maximum atomic E-state index is 11.4. The first-order chi connectivity index (χ1) is 9.56. The molecular weight excluding hydrogens is 256 g/mol. The summed E-state index contributed by atoms with van der Waals surface area (Å²) >= 11 is 0. The molecule has 0 heterocycles. The van der Waals surface area contributed by atoms with E-state index < -0.39 is 12.1 Å². The molecule has 0 aliphatic carbocycles. The molecule has 0 fully saturated rings. The van der Waals surface area contributed by atoms with Crippen LogP contribution in [0.2, 0.25) is 0 Å². The second-order valence-electron chi connectivity index (χ2n) is 5.55. The lowest BCUT2D eigenvalue weighted by Gasteiger charge is -2.09. The van der Waals surface area contributed by atoms with E-state index in [1.165, 1.54) is 38.5 Å². The van der Waals surface area contributed by atoms with Gasteiger partial charge < -0.3 is 10.2 Å². The van der Waals surface area contributed by atoms with Crippen LogP contribution in [0.3, 0.4) is 0 Å². The summed E-state index contributed by atoms with van der Waals surface area (Å²) in [6.07, 6.45) is 9.74. The third kappa shape index (κ3) is 13.5. The number of carboxylic acids is 1. The van der Waals surface area contributed by atoms with E-state index in [9.17, 15) is 14.7 Å². The highest BCUT2D eigenvalue weighted by atomic mass is 16.4. The van der Waals surface area contributed by atoms with Crippen molar-refractivity contribution in [1.29, 1.82) is 0 Å². The van der Waals surface area contributed by atoms with Crippen LogP contribution in [0.15, 0.2) is 0 Å². The standard InChI is InChI=1S/C16H30O4/c1-2-3-4-5-6-7-8-9-10-14(17)13-15(18)11-12-16(19)20/h14,17H,2-13H2,1H3,(H,19,20). The molecule has 1 atom stereocenters. The number of ketones is 1. The predicted molar refractivity (Wildman–Crippen MR) is 79.7 cm³/mol. The van der Waals surface area contributed by atoms with Crippen molar-refractivity contribution in [3.63, 3.8) is 0 Å². The average molecular weight is 286 g/mol. The number of hydrogen-bond acceptors (Lipinski definition) is 3. The third-order valence-corrected chi connectivity index (χ3v) is 3.47. The Morgan fingerprint density at radius 2 is 1.45 bits per heavy atom. The molecule has 4 nitrogen and oxygen atoms in total. The van der Waals surface area contributed by atoms with Crippen LogP contribution in [0.1, 0.15) is 84.0 Å². The third-order valence-electron chi connectivity index (χ3n) is 3.47. The van der Waals surface area contributed by atoms with E-state index in [0.29, 0.717) is 6.42 Å². The number of Topliss-reactive ketones (excluding diaryl/α,β-unsaturated/α-hetero) is 1. The van der Waals surface area contributed by atoms with Crippen LogP contribution >= 0.6 is 0 Å². The summed E-state index contributed by atoms with van der Waals surface area (Å²) < 4.78 is 0. The van der Waals surface area contributed by atoms with Crippen molar-refractivity contribution in [3.8, 4) is 0 Å². The van der Waals surface area contributed by atoms with Gasteiger partial charge in [-0.3, -0.25) is 9.59 Å². The molecule has 0 aromatic heterocycles. The largest absolute Gasteiger partial charge is 0.481 e. The van der Waals surface area contributed by atoms with Gasteiger partial charge in [-0.1, -0.05) is 58.3 Å². The minimum absolute atomic E-state index is 0.0316. The Kier molecular flexibility index (Phi) is 12.5. The fourth-order valence-electron chi connectivity index (χ4n) is 2.23. The topological polar surface area (TPSA) is 74.6 Å². The lowest BCUT2D eigenvalue weighted by atomic mass is 10.0. The molecule has 0 aromatic carbocycles. The summed E-state index contributed by atoms with van der Waals surface area (Å²) in [6, 6.07) is 0. The summed E-state index contributed by atoms with van der Waals surface area (Å²) in [5.41, 5.74) is 0. The molecule has 0 spiro atoms. The van der Waals surface area contributed by atoms with Crippen molar-refractivity contribution in [2.75, 3.05) is 0 Å². The monoisotopic (exact) mass is 286 g/mol. The molecule has 0 amide bonds. The molecule has 1 unspecified atom stereocenters. The zero-order valence-electron chi connectivity index (χ0n) is 12.8. The number of rotatable bonds is 14. The Balaban J connectivity index is 3.37. The zero-order chi connectivity index (χ0) is 15.2. The van der Waals surface area contributed by atoms with Crippen molar-refractivity contribution < 1.29 is 19.8 Å². The number of hydrogen-bond donors (Lipinski definition) is 2. The van der Waals surface area contributed by atoms with Crippen LogP contribution in [-0.4, -0.2) is 28.1 Å². The fraction of sp³-hybridized carbons (Fsp3) is 0.875. The van der Waals surface area contributed by atoms with Gasteiger partial charge in [0.05, 0.1) is 12.5 Å². The van der Waals surface area contributed by atoms with Gasteiger partial charge in [-0.2, -0.15) is 0 Å². The van der Waals surface area contributed by atoms with E-state index >= 15 is 0 Å². The molecular formula is C16H30O4. The van der Waals surface area contributed by atoms with Gasteiger partial charge in [0.25, 0.3) is 0 Å². The van der Waals surface area contributed by atoms with Crippen molar-refractivity contribution >= 4 is 11.8 Å². The fourth-order valence-corrected chi connectivity index (χ4v) is 2.23. The second kappa shape index (κ2) is 13.1. The molecule has 0 saturated heterocycles. The number of unbranched alkanes of at least 4 members (excludes halogenated alkanes) is 7. The van der Waals surface area contributed by atoms with E-state index in [-0.39, 0.29) is 25.0 Å². The van der Waals surface area contributed by atoms with Crippen LogP contribution in [0.5, 0.6) is 0 Å². The molecule has 0 saturated carbocycles. The van der Waals surface area contributed by atoms with Gasteiger partial charge in [0, 0.05) is 12.8 Å². The Morgan fingerprint density at radius 3 is 2.00 bits per heavy atom. The van der Waals surface area contributed by atoms with Crippen molar-refractivity contribution in [2.45, 2.75) is 90.1 Å². The molecule has 0 aliphatic rings. The molecule has 0 aliphatic heterocycles. The molecule has 4 heteroatoms. The van der Waals surface area contributed by atoms with E-state index in [2.05, 4.69) is 6.92 Å². The van der Waals surface area contributed by atoms with Crippen LogP contribution < -0.4 is 0 Å². The SMILES string of the molecule is CCCCCCCCCCC(O)CC(=O)CCC(=O)O. The number of aliphatic hydroxyl groups is 1. The zero-order valence-corrected chi connectivity index (χ0v) is 12.8. The van der Waals surface area contributed by atoms with Crippen molar-refractivity contribution in [1.82, 2.24) is 0 Å². The number of carboxylic acid groups (broad SMARTS) is 1. The van der Waals surface area contributed by atoms with Gasteiger partial charge in [-0.15, -0.1) is 0 Å². The van der Waals surface area contributed by atoms with Gasteiger partial charge in [0.2, 0.25) is 0 Å². The molecule has 0 bridgehead atoms. The van der Waals surface area contributed by atoms with Gasteiger partial charge in [-0.05, 0) is 6.42 Å². The first-order valence-corrected chi connectivity index (χ1v) is 7.97. The molecule has 0 radical (unpaired) electrons. The summed E-state index contributed by atoms with van der Waals surface area (Å²) in [4.78, 5) is 21.7. The van der Waals surface area contributed by atoms with Gasteiger partial charge in [0.1, 0.15) is 5.78 Å². The Morgan fingerprint density at radius 1 is 0.900 bits per heavy atom. The smallest absolute Gasteiger partial charge is 0.303 e. The second-order valence-corrected chi connectivity index (χ2v) is 5.55.